The molecule has 1 aliphatic heterocycles. The molecule has 3 rings (SSSR count). The minimum absolute atomic E-state index is 0.429. The monoisotopic (exact) mass is 260 g/mol. The molecule has 4 heteroatoms. The van der Waals surface area contributed by atoms with Crippen LogP contribution in [0.1, 0.15) is 49.5 Å². The van der Waals surface area contributed by atoms with E-state index in [2.05, 4.69) is 28.2 Å². The number of hydrogen-bond acceptors (Lipinski definition) is 4. The zero-order chi connectivity index (χ0) is 13.1. The Kier molecular flexibility index (Phi) is 4.09. The number of nitrogens with zero attached hydrogens (tertiary/aromatic N) is 3. The van der Waals surface area contributed by atoms with Gasteiger partial charge >= 0.3 is 0 Å². The molecule has 2 fully saturated rings. The summed E-state index contributed by atoms with van der Waals surface area (Å²) in [5.41, 5.74) is 1.27. The zero-order valence-electron chi connectivity index (χ0n) is 11.8. The van der Waals surface area contributed by atoms with Gasteiger partial charge in [0.15, 0.2) is 0 Å². The third-order valence-corrected chi connectivity index (χ3v) is 4.40. The molecule has 2 aliphatic rings. The van der Waals surface area contributed by atoms with E-state index >= 15 is 0 Å². The molecule has 4 nitrogen and oxygen atoms in total. The van der Waals surface area contributed by atoms with Gasteiger partial charge in [-0.05, 0) is 18.9 Å². The van der Waals surface area contributed by atoms with Crippen molar-refractivity contribution in [2.24, 2.45) is 0 Å². The molecule has 1 N–H and O–H groups in total. The molecule has 2 heterocycles. The van der Waals surface area contributed by atoms with E-state index in [1.54, 1.807) is 0 Å². The van der Waals surface area contributed by atoms with Gasteiger partial charge in [0.2, 0.25) is 0 Å². The molecule has 1 aliphatic carbocycles. The van der Waals surface area contributed by atoms with Gasteiger partial charge in [0.05, 0.1) is 0 Å². The van der Waals surface area contributed by atoms with Gasteiger partial charge in [-0.25, -0.2) is 9.97 Å². The molecule has 1 aromatic heterocycles. The first-order valence-corrected chi connectivity index (χ1v) is 7.59. The lowest BCUT2D eigenvalue weighted by molar-refractivity contribution is 0.228. The van der Waals surface area contributed by atoms with Crippen LogP contribution in [0.2, 0.25) is 0 Å². The maximum atomic E-state index is 4.81. The molecule has 0 bridgehead atoms. The minimum Gasteiger partial charge on any atom is -0.314 e. The summed E-state index contributed by atoms with van der Waals surface area (Å²) in [5, 5.41) is 3.39. The molecule has 0 aromatic carbocycles. The Hall–Kier alpha value is -1.00. The highest BCUT2D eigenvalue weighted by molar-refractivity contribution is 5.12. The molecule has 1 saturated carbocycles. The maximum Gasteiger partial charge on any atom is 0.132 e. The van der Waals surface area contributed by atoms with Crippen LogP contribution >= 0.6 is 0 Å². The Labute approximate surface area is 115 Å². The van der Waals surface area contributed by atoms with Crippen molar-refractivity contribution < 1.29 is 0 Å². The Balaban J connectivity index is 1.63. The Bertz CT molecular complexity index is 410. The normalized spacial score (nSPS) is 23.0. The van der Waals surface area contributed by atoms with Crippen molar-refractivity contribution in [3.05, 3.63) is 23.8 Å². The van der Waals surface area contributed by atoms with Crippen LogP contribution in [0.15, 0.2) is 12.3 Å². The highest BCUT2D eigenvalue weighted by Gasteiger charge is 2.22. The van der Waals surface area contributed by atoms with E-state index < -0.39 is 0 Å². The van der Waals surface area contributed by atoms with Crippen molar-refractivity contribution in [3.63, 3.8) is 0 Å². The van der Waals surface area contributed by atoms with E-state index in [1.807, 2.05) is 6.20 Å². The van der Waals surface area contributed by atoms with Crippen LogP contribution in [0.3, 0.4) is 0 Å². The molecule has 19 heavy (non-hydrogen) atoms. The van der Waals surface area contributed by atoms with E-state index in [9.17, 15) is 0 Å². The van der Waals surface area contributed by atoms with Gasteiger partial charge in [0.1, 0.15) is 5.82 Å². The summed E-state index contributed by atoms with van der Waals surface area (Å²) >= 11 is 0. The predicted octanol–water partition coefficient (Wildman–Crippen LogP) is 1.75. The summed E-state index contributed by atoms with van der Waals surface area (Å²) < 4.78 is 0. The lowest BCUT2D eigenvalue weighted by Crippen LogP contribution is -2.44. The lowest BCUT2D eigenvalue weighted by Gasteiger charge is -2.29. The highest BCUT2D eigenvalue weighted by atomic mass is 15.2. The predicted molar refractivity (Wildman–Crippen MR) is 76.3 cm³/mol. The van der Waals surface area contributed by atoms with Crippen molar-refractivity contribution in [3.8, 4) is 0 Å². The summed E-state index contributed by atoms with van der Waals surface area (Å²) in [6.07, 6.45) is 5.93. The molecule has 0 amide bonds. The largest absolute Gasteiger partial charge is 0.314 e. The fourth-order valence-corrected chi connectivity index (χ4v) is 2.92. The number of aromatic nitrogens is 2. The van der Waals surface area contributed by atoms with Gasteiger partial charge < -0.3 is 10.2 Å². The average molecular weight is 260 g/mol. The van der Waals surface area contributed by atoms with Gasteiger partial charge in [0, 0.05) is 56.5 Å². The molecule has 1 atom stereocenters. The van der Waals surface area contributed by atoms with Gasteiger partial charge in [0.25, 0.3) is 0 Å². The van der Waals surface area contributed by atoms with Crippen LogP contribution in [0, 0.1) is 0 Å². The lowest BCUT2D eigenvalue weighted by atomic mass is 9.83. The van der Waals surface area contributed by atoms with Crippen molar-refractivity contribution in [2.75, 3.05) is 32.7 Å². The molecule has 0 radical (unpaired) electrons. The first-order chi connectivity index (χ1) is 9.33. The second-order valence-electron chi connectivity index (χ2n) is 5.92. The van der Waals surface area contributed by atoms with Crippen LogP contribution in [0.4, 0.5) is 0 Å². The summed E-state index contributed by atoms with van der Waals surface area (Å²) in [6, 6.07) is 2.10. The average Bonchev–Trinajstić information content (AvgIpc) is 2.38. The van der Waals surface area contributed by atoms with Gasteiger partial charge in [-0.1, -0.05) is 13.3 Å². The van der Waals surface area contributed by atoms with Crippen LogP contribution in [-0.4, -0.2) is 47.6 Å². The third-order valence-electron chi connectivity index (χ3n) is 4.40. The van der Waals surface area contributed by atoms with Crippen LogP contribution < -0.4 is 5.32 Å². The second kappa shape index (κ2) is 5.97. The third kappa shape index (κ3) is 3.12. The molecule has 1 unspecified atom stereocenters. The Morgan fingerprint density at radius 3 is 2.84 bits per heavy atom. The summed E-state index contributed by atoms with van der Waals surface area (Å²) in [4.78, 5) is 11.8. The smallest absolute Gasteiger partial charge is 0.132 e. The van der Waals surface area contributed by atoms with Crippen molar-refractivity contribution in [1.82, 2.24) is 20.2 Å². The standard InChI is InChI=1S/C15H24N4/c1-12(11-19-9-7-16-8-10-19)15-17-6-5-14(18-15)13-3-2-4-13/h5-6,12-13,16H,2-4,7-11H2,1H3. The molecule has 1 saturated heterocycles. The first-order valence-electron chi connectivity index (χ1n) is 7.59. The topological polar surface area (TPSA) is 41.0 Å². The first kappa shape index (κ1) is 13.0. The molecule has 0 spiro atoms. The summed E-state index contributed by atoms with van der Waals surface area (Å²) in [7, 11) is 0. The Morgan fingerprint density at radius 2 is 2.16 bits per heavy atom. The van der Waals surface area contributed by atoms with E-state index in [-0.39, 0.29) is 0 Å². The molecule has 1 aromatic rings. The van der Waals surface area contributed by atoms with E-state index in [1.165, 1.54) is 25.0 Å². The van der Waals surface area contributed by atoms with Crippen molar-refractivity contribution in [2.45, 2.75) is 38.0 Å². The molecule has 104 valence electrons. The van der Waals surface area contributed by atoms with Gasteiger partial charge in [-0.15, -0.1) is 0 Å². The molecular weight excluding hydrogens is 236 g/mol. The van der Waals surface area contributed by atoms with Crippen molar-refractivity contribution in [1.29, 1.82) is 0 Å². The van der Waals surface area contributed by atoms with Gasteiger partial charge in [-0.2, -0.15) is 0 Å². The van der Waals surface area contributed by atoms with Crippen LogP contribution in [-0.2, 0) is 0 Å². The van der Waals surface area contributed by atoms with E-state index in [4.69, 9.17) is 4.98 Å². The van der Waals surface area contributed by atoms with Gasteiger partial charge in [-0.3, -0.25) is 0 Å². The summed E-state index contributed by atoms with van der Waals surface area (Å²) in [6.45, 7) is 7.84. The number of nitrogens with one attached hydrogen (secondary N) is 1. The number of hydrogen-bond donors (Lipinski definition) is 1. The van der Waals surface area contributed by atoms with Crippen molar-refractivity contribution >= 4 is 0 Å². The van der Waals surface area contributed by atoms with Crippen LogP contribution in [0.5, 0.6) is 0 Å². The Morgan fingerprint density at radius 1 is 1.37 bits per heavy atom. The van der Waals surface area contributed by atoms with E-state index in [0.717, 1.165) is 38.5 Å². The zero-order valence-corrected chi connectivity index (χ0v) is 11.8. The second-order valence-corrected chi connectivity index (χ2v) is 5.92. The van der Waals surface area contributed by atoms with Crippen LogP contribution in [0.25, 0.3) is 0 Å². The molecular formula is C15H24N4. The maximum absolute atomic E-state index is 4.81. The quantitative estimate of drug-likeness (QED) is 0.895. The fraction of sp³-hybridized carbons (Fsp3) is 0.733. The summed E-state index contributed by atoms with van der Waals surface area (Å²) in [5.74, 6) is 2.16. The minimum atomic E-state index is 0.429. The fourth-order valence-electron chi connectivity index (χ4n) is 2.92. The number of piperazine rings is 1. The number of rotatable bonds is 4. The SMILES string of the molecule is CC(CN1CCNCC1)c1nccc(C2CCC2)n1. The van der Waals surface area contributed by atoms with E-state index in [0.29, 0.717) is 11.8 Å². The highest BCUT2D eigenvalue weighted by Crippen LogP contribution is 2.35.